The van der Waals surface area contributed by atoms with Crippen LogP contribution >= 0.6 is 0 Å². The number of hydrogen-bond donors (Lipinski definition) is 1. The summed E-state index contributed by atoms with van der Waals surface area (Å²) in [5.74, 6) is 5.42. The lowest BCUT2D eigenvalue weighted by Gasteiger charge is -2.15. The zero-order valence-electron chi connectivity index (χ0n) is 12.7. The van der Waals surface area contributed by atoms with Crippen molar-refractivity contribution in [2.24, 2.45) is 18.9 Å². The fraction of sp³-hybridized carbons (Fsp3) is 0.786. The van der Waals surface area contributed by atoms with Crippen molar-refractivity contribution < 1.29 is 0 Å². The molecule has 0 radical (unpaired) electrons. The first-order chi connectivity index (χ1) is 10.8. The molecular formula is C14H20N8. The number of aromatic nitrogens is 7. The molecule has 1 aliphatic heterocycles. The lowest BCUT2D eigenvalue weighted by Crippen LogP contribution is -2.23. The summed E-state index contributed by atoms with van der Waals surface area (Å²) >= 11 is 0. The molecule has 0 unspecified atom stereocenters. The molecule has 22 heavy (non-hydrogen) atoms. The molecule has 2 aromatic rings. The lowest BCUT2D eigenvalue weighted by atomic mass is 9.91. The van der Waals surface area contributed by atoms with E-state index in [0.29, 0.717) is 17.8 Å². The van der Waals surface area contributed by atoms with Crippen molar-refractivity contribution in [2.45, 2.75) is 37.5 Å². The van der Waals surface area contributed by atoms with Crippen molar-refractivity contribution in [3.8, 4) is 0 Å². The number of aryl methyl sites for hydroxylation is 1. The van der Waals surface area contributed by atoms with Gasteiger partial charge in [0.2, 0.25) is 5.95 Å². The highest BCUT2D eigenvalue weighted by Gasteiger charge is 2.45. The average molecular weight is 300 g/mol. The Morgan fingerprint density at radius 2 is 2.00 bits per heavy atom. The minimum Gasteiger partial charge on any atom is -0.339 e. The van der Waals surface area contributed by atoms with Gasteiger partial charge in [0.1, 0.15) is 5.82 Å². The zero-order valence-corrected chi connectivity index (χ0v) is 12.7. The highest BCUT2D eigenvalue weighted by atomic mass is 15.6. The van der Waals surface area contributed by atoms with Gasteiger partial charge in [-0.15, -0.1) is 0 Å². The number of rotatable bonds is 4. The molecular weight excluding hydrogens is 280 g/mol. The molecule has 1 N–H and O–H groups in total. The minimum absolute atomic E-state index is 0.421. The van der Waals surface area contributed by atoms with Crippen LogP contribution in [-0.2, 0) is 7.05 Å². The SMILES string of the molecule is Cn1nnnc1N1C[C@H](c2nc(C3CC3)n[nH]2)[C@@H](C2CC2)C1. The maximum atomic E-state index is 4.80. The highest BCUT2D eigenvalue weighted by Crippen LogP contribution is 2.48. The molecule has 8 nitrogen and oxygen atoms in total. The second-order valence-electron chi connectivity index (χ2n) is 6.97. The second-order valence-corrected chi connectivity index (χ2v) is 6.97. The van der Waals surface area contributed by atoms with Gasteiger partial charge in [0.25, 0.3) is 0 Å². The molecule has 2 atom stereocenters. The van der Waals surface area contributed by atoms with Crippen molar-refractivity contribution >= 4 is 5.95 Å². The van der Waals surface area contributed by atoms with Crippen LogP contribution in [0, 0.1) is 11.8 Å². The van der Waals surface area contributed by atoms with Crippen LogP contribution in [0.2, 0.25) is 0 Å². The first-order valence-corrected chi connectivity index (χ1v) is 8.19. The van der Waals surface area contributed by atoms with Crippen molar-refractivity contribution in [1.29, 1.82) is 0 Å². The van der Waals surface area contributed by atoms with Gasteiger partial charge in [-0.2, -0.15) is 5.10 Å². The van der Waals surface area contributed by atoms with E-state index in [1.165, 1.54) is 25.7 Å². The predicted molar refractivity (Wildman–Crippen MR) is 78.3 cm³/mol. The smallest absolute Gasteiger partial charge is 0.245 e. The number of nitrogens with one attached hydrogen (secondary N) is 1. The van der Waals surface area contributed by atoms with E-state index in [1.54, 1.807) is 4.68 Å². The predicted octanol–water partition coefficient (Wildman–Crippen LogP) is 0.836. The van der Waals surface area contributed by atoms with Gasteiger partial charge < -0.3 is 4.90 Å². The van der Waals surface area contributed by atoms with Crippen LogP contribution in [0.1, 0.15) is 49.2 Å². The summed E-state index contributed by atoms with van der Waals surface area (Å²) in [6.45, 7) is 1.94. The van der Waals surface area contributed by atoms with Crippen LogP contribution in [0.25, 0.3) is 0 Å². The summed E-state index contributed by atoms with van der Waals surface area (Å²) < 4.78 is 1.75. The number of anilines is 1. The first-order valence-electron chi connectivity index (χ1n) is 8.19. The number of hydrogen-bond acceptors (Lipinski definition) is 6. The Labute approximate surface area is 128 Å². The third kappa shape index (κ3) is 2.00. The van der Waals surface area contributed by atoms with E-state index < -0.39 is 0 Å². The molecule has 3 heterocycles. The van der Waals surface area contributed by atoms with Crippen molar-refractivity contribution in [2.75, 3.05) is 18.0 Å². The summed E-state index contributed by atoms with van der Waals surface area (Å²) in [7, 11) is 1.90. The Hall–Kier alpha value is -1.99. The van der Waals surface area contributed by atoms with Crippen LogP contribution in [0.15, 0.2) is 0 Å². The van der Waals surface area contributed by atoms with E-state index in [1.807, 2.05) is 7.05 Å². The maximum Gasteiger partial charge on any atom is 0.245 e. The van der Waals surface area contributed by atoms with E-state index >= 15 is 0 Å². The largest absolute Gasteiger partial charge is 0.339 e. The van der Waals surface area contributed by atoms with Gasteiger partial charge in [-0.25, -0.2) is 9.67 Å². The first kappa shape index (κ1) is 12.5. The van der Waals surface area contributed by atoms with E-state index in [9.17, 15) is 0 Å². The fourth-order valence-corrected chi connectivity index (χ4v) is 3.75. The highest BCUT2D eigenvalue weighted by molar-refractivity contribution is 5.33. The molecule has 2 aromatic heterocycles. The van der Waals surface area contributed by atoms with Gasteiger partial charge in [0.15, 0.2) is 5.82 Å². The van der Waals surface area contributed by atoms with Gasteiger partial charge in [0.05, 0.1) is 0 Å². The molecule has 116 valence electrons. The van der Waals surface area contributed by atoms with Crippen molar-refractivity contribution in [3.63, 3.8) is 0 Å². The van der Waals surface area contributed by atoms with Crippen molar-refractivity contribution in [3.05, 3.63) is 11.6 Å². The summed E-state index contributed by atoms with van der Waals surface area (Å²) in [6, 6.07) is 0. The van der Waals surface area contributed by atoms with Gasteiger partial charge in [-0.1, -0.05) is 5.10 Å². The van der Waals surface area contributed by atoms with Crippen LogP contribution in [0.5, 0.6) is 0 Å². The molecule has 5 rings (SSSR count). The zero-order chi connectivity index (χ0) is 14.7. The quantitative estimate of drug-likeness (QED) is 0.900. The Balaban J connectivity index is 1.43. The summed E-state index contributed by atoms with van der Waals surface area (Å²) in [5, 5.41) is 19.6. The molecule has 0 spiro atoms. The van der Waals surface area contributed by atoms with Crippen molar-refractivity contribution in [1.82, 2.24) is 35.4 Å². The third-order valence-electron chi connectivity index (χ3n) is 5.29. The van der Waals surface area contributed by atoms with Gasteiger partial charge >= 0.3 is 0 Å². The molecule has 8 heteroatoms. The topological polar surface area (TPSA) is 88.4 Å². The van der Waals surface area contributed by atoms with E-state index in [0.717, 1.165) is 36.6 Å². The number of tetrazole rings is 1. The molecule has 3 fully saturated rings. The Kier molecular flexibility index (Phi) is 2.57. The third-order valence-corrected chi connectivity index (χ3v) is 5.29. The molecule has 2 saturated carbocycles. The summed E-state index contributed by atoms with van der Waals surface area (Å²) in [4.78, 5) is 7.10. The second kappa shape index (κ2) is 4.50. The van der Waals surface area contributed by atoms with E-state index in [-0.39, 0.29) is 0 Å². The normalized spacial score (nSPS) is 28.5. The number of H-pyrrole nitrogens is 1. The molecule has 0 amide bonds. The molecule has 1 saturated heterocycles. The number of nitrogens with zero attached hydrogens (tertiary/aromatic N) is 7. The van der Waals surface area contributed by atoms with Crippen LogP contribution in [0.4, 0.5) is 5.95 Å². The summed E-state index contributed by atoms with van der Waals surface area (Å²) in [5.41, 5.74) is 0. The molecule has 0 bridgehead atoms. The Bertz CT molecular complexity index is 683. The Morgan fingerprint density at radius 1 is 1.14 bits per heavy atom. The van der Waals surface area contributed by atoms with Crippen LogP contribution in [-0.4, -0.2) is 48.5 Å². The van der Waals surface area contributed by atoms with Gasteiger partial charge in [0, 0.05) is 32.0 Å². The lowest BCUT2D eigenvalue weighted by molar-refractivity contribution is 0.444. The monoisotopic (exact) mass is 300 g/mol. The molecule has 2 aliphatic carbocycles. The van der Waals surface area contributed by atoms with Gasteiger partial charge in [-0.05, 0) is 47.9 Å². The maximum absolute atomic E-state index is 4.80. The molecule has 3 aliphatic rings. The summed E-state index contributed by atoms with van der Waals surface area (Å²) in [6.07, 6.45) is 5.17. The van der Waals surface area contributed by atoms with Gasteiger partial charge in [-0.3, -0.25) is 5.10 Å². The Morgan fingerprint density at radius 3 is 2.68 bits per heavy atom. The average Bonchev–Trinajstić information content (AvgIpc) is 3.41. The standard InChI is InChI=1S/C14H20N8/c1-21-14(18-19-20-21)22-6-10(8-2-3-8)11(7-22)13-15-12(16-17-13)9-4-5-9/h8-11H,2-7H2,1H3,(H,15,16,17)/t10-,11+/m1/s1. The van der Waals surface area contributed by atoms with E-state index in [4.69, 9.17) is 4.98 Å². The number of aromatic amines is 1. The minimum atomic E-state index is 0.421. The van der Waals surface area contributed by atoms with Crippen LogP contribution in [0.3, 0.4) is 0 Å². The fourth-order valence-electron chi connectivity index (χ4n) is 3.75. The molecule has 0 aromatic carbocycles. The van der Waals surface area contributed by atoms with Crippen LogP contribution < -0.4 is 4.90 Å². The van der Waals surface area contributed by atoms with E-state index in [2.05, 4.69) is 30.6 Å².